The summed E-state index contributed by atoms with van der Waals surface area (Å²) in [5.74, 6) is 0.820. The van der Waals surface area contributed by atoms with Gasteiger partial charge in [0.2, 0.25) is 5.91 Å². The Labute approximate surface area is 130 Å². The van der Waals surface area contributed by atoms with Crippen LogP contribution in [-0.2, 0) is 11.2 Å². The molecule has 0 aliphatic carbocycles. The molecule has 0 aliphatic heterocycles. The number of benzene rings is 1. The summed E-state index contributed by atoms with van der Waals surface area (Å²) in [4.78, 5) is 16.4. The normalized spacial score (nSPS) is 11.1. The SMILES string of the molecule is C=C(CCc1ccc(OC)cc1)SC(=NC)NC(=O)CC. The Bertz CT molecular complexity index is 510. The summed E-state index contributed by atoms with van der Waals surface area (Å²) in [6.07, 6.45) is 2.17. The Kier molecular flexibility index (Phi) is 7.61. The molecule has 0 aromatic heterocycles. The molecule has 1 amide bonds. The minimum Gasteiger partial charge on any atom is -0.497 e. The molecule has 5 heteroatoms. The molecule has 0 bridgehead atoms. The van der Waals surface area contributed by atoms with E-state index in [2.05, 4.69) is 16.9 Å². The Morgan fingerprint density at radius 1 is 1.38 bits per heavy atom. The first-order valence-electron chi connectivity index (χ1n) is 6.84. The second-order valence-electron chi connectivity index (χ2n) is 4.42. The van der Waals surface area contributed by atoms with E-state index in [9.17, 15) is 4.79 Å². The highest BCUT2D eigenvalue weighted by molar-refractivity contribution is 8.17. The summed E-state index contributed by atoms with van der Waals surface area (Å²) in [6.45, 7) is 5.84. The average Bonchev–Trinajstić information content (AvgIpc) is 2.52. The molecular weight excluding hydrogens is 284 g/mol. The van der Waals surface area contributed by atoms with Crippen molar-refractivity contribution in [1.82, 2.24) is 5.32 Å². The molecule has 1 N–H and O–H groups in total. The molecule has 0 spiro atoms. The quantitative estimate of drug-likeness (QED) is 0.647. The molecule has 0 saturated heterocycles. The maximum Gasteiger partial charge on any atom is 0.225 e. The molecule has 0 saturated carbocycles. The summed E-state index contributed by atoms with van der Waals surface area (Å²) >= 11 is 1.41. The van der Waals surface area contributed by atoms with Gasteiger partial charge in [0.25, 0.3) is 0 Å². The van der Waals surface area contributed by atoms with Gasteiger partial charge < -0.3 is 10.1 Å². The Hall–Kier alpha value is -1.75. The molecule has 21 heavy (non-hydrogen) atoms. The summed E-state index contributed by atoms with van der Waals surface area (Å²) < 4.78 is 5.13. The van der Waals surface area contributed by atoms with E-state index in [4.69, 9.17) is 4.74 Å². The average molecular weight is 306 g/mol. The summed E-state index contributed by atoms with van der Waals surface area (Å²) in [5.41, 5.74) is 1.23. The van der Waals surface area contributed by atoms with Crippen LogP contribution in [0.3, 0.4) is 0 Å². The largest absolute Gasteiger partial charge is 0.497 e. The maximum absolute atomic E-state index is 11.4. The number of aliphatic imine (C=N–C) groups is 1. The smallest absolute Gasteiger partial charge is 0.225 e. The van der Waals surface area contributed by atoms with Crippen molar-refractivity contribution < 1.29 is 9.53 Å². The van der Waals surface area contributed by atoms with Crippen molar-refractivity contribution >= 4 is 22.8 Å². The lowest BCUT2D eigenvalue weighted by molar-refractivity contribution is -0.119. The number of hydrogen-bond donors (Lipinski definition) is 1. The fraction of sp³-hybridized carbons (Fsp3) is 0.375. The third-order valence-electron chi connectivity index (χ3n) is 2.86. The summed E-state index contributed by atoms with van der Waals surface area (Å²) in [7, 11) is 3.32. The molecule has 0 heterocycles. The zero-order valence-corrected chi connectivity index (χ0v) is 13.6. The number of nitrogens with one attached hydrogen (secondary N) is 1. The van der Waals surface area contributed by atoms with E-state index in [0.717, 1.165) is 23.5 Å². The van der Waals surface area contributed by atoms with E-state index in [-0.39, 0.29) is 5.91 Å². The van der Waals surface area contributed by atoms with Crippen molar-refractivity contribution in [3.63, 3.8) is 0 Å². The van der Waals surface area contributed by atoms with Crippen LogP contribution in [0.5, 0.6) is 5.75 Å². The predicted octanol–water partition coefficient (Wildman–Crippen LogP) is 3.39. The van der Waals surface area contributed by atoms with Crippen molar-refractivity contribution in [2.75, 3.05) is 14.2 Å². The van der Waals surface area contributed by atoms with Crippen molar-refractivity contribution in [2.45, 2.75) is 26.2 Å². The standard InChI is InChI=1S/C16H22N2O2S/c1-5-15(19)18-16(17-3)21-12(2)6-7-13-8-10-14(20-4)11-9-13/h8-11H,2,5-7H2,1,3-4H3,(H,17,18,19). The second kappa shape index (κ2) is 9.23. The number of amidine groups is 1. The van der Waals surface area contributed by atoms with Crippen LogP contribution in [0.25, 0.3) is 0 Å². The zero-order chi connectivity index (χ0) is 15.7. The highest BCUT2D eigenvalue weighted by Crippen LogP contribution is 2.21. The summed E-state index contributed by atoms with van der Waals surface area (Å²) in [5, 5.41) is 3.36. The molecule has 114 valence electrons. The molecule has 4 nitrogen and oxygen atoms in total. The molecule has 1 aromatic carbocycles. The van der Waals surface area contributed by atoms with Crippen LogP contribution in [-0.4, -0.2) is 25.2 Å². The number of rotatable bonds is 6. The first kappa shape index (κ1) is 17.3. The van der Waals surface area contributed by atoms with Crippen LogP contribution >= 0.6 is 11.8 Å². The number of ether oxygens (including phenoxy) is 1. The third kappa shape index (κ3) is 6.49. The van der Waals surface area contributed by atoms with Crippen LogP contribution in [0.2, 0.25) is 0 Å². The molecule has 0 atom stereocenters. The maximum atomic E-state index is 11.4. The topological polar surface area (TPSA) is 50.7 Å². The van der Waals surface area contributed by atoms with Crippen LogP contribution < -0.4 is 10.1 Å². The van der Waals surface area contributed by atoms with E-state index < -0.39 is 0 Å². The zero-order valence-electron chi connectivity index (χ0n) is 12.8. The number of thioether (sulfide) groups is 1. The summed E-state index contributed by atoms with van der Waals surface area (Å²) in [6, 6.07) is 7.99. The highest BCUT2D eigenvalue weighted by Gasteiger charge is 2.07. The van der Waals surface area contributed by atoms with Gasteiger partial charge in [-0.2, -0.15) is 0 Å². The molecule has 0 radical (unpaired) electrons. The van der Waals surface area contributed by atoms with Gasteiger partial charge in [-0.1, -0.05) is 37.4 Å². The number of hydrogen-bond acceptors (Lipinski definition) is 4. The third-order valence-corrected chi connectivity index (χ3v) is 3.83. The van der Waals surface area contributed by atoms with Gasteiger partial charge >= 0.3 is 0 Å². The van der Waals surface area contributed by atoms with Crippen LogP contribution in [0.15, 0.2) is 40.7 Å². The number of carbonyl (C=O) groups is 1. The van der Waals surface area contributed by atoms with Gasteiger partial charge in [-0.15, -0.1) is 0 Å². The predicted molar refractivity (Wildman–Crippen MR) is 89.8 cm³/mol. The van der Waals surface area contributed by atoms with E-state index in [0.29, 0.717) is 11.6 Å². The molecule has 1 aromatic rings. The van der Waals surface area contributed by atoms with E-state index in [1.807, 2.05) is 31.2 Å². The number of carbonyl (C=O) groups excluding carboxylic acids is 1. The molecule has 1 rings (SSSR count). The van der Waals surface area contributed by atoms with Crippen molar-refractivity contribution in [3.8, 4) is 5.75 Å². The van der Waals surface area contributed by atoms with Gasteiger partial charge in [0.15, 0.2) is 5.17 Å². The number of nitrogens with zero attached hydrogens (tertiary/aromatic N) is 1. The molecule has 0 fully saturated rings. The van der Waals surface area contributed by atoms with Gasteiger partial charge in [-0.25, -0.2) is 0 Å². The van der Waals surface area contributed by atoms with Crippen molar-refractivity contribution in [1.29, 1.82) is 0 Å². The fourth-order valence-corrected chi connectivity index (χ4v) is 2.33. The van der Waals surface area contributed by atoms with Crippen LogP contribution in [0.1, 0.15) is 25.3 Å². The van der Waals surface area contributed by atoms with E-state index in [1.165, 1.54) is 17.3 Å². The minimum atomic E-state index is -0.0361. The lowest BCUT2D eigenvalue weighted by Gasteiger charge is -2.09. The first-order valence-corrected chi connectivity index (χ1v) is 7.65. The van der Waals surface area contributed by atoms with Gasteiger partial charge in [0, 0.05) is 13.5 Å². The van der Waals surface area contributed by atoms with Gasteiger partial charge in [0.1, 0.15) is 5.75 Å². The van der Waals surface area contributed by atoms with Gasteiger partial charge in [-0.3, -0.25) is 9.79 Å². The highest BCUT2D eigenvalue weighted by atomic mass is 32.2. The number of allylic oxidation sites excluding steroid dienone is 1. The lowest BCUT2D eigenvalue weighted by atomic mass is 10.1. The van der Waals surface area contributed by atoms with Gasteiger partial charge in [-0.05, 0) is 35.4 Å². The Balaban J connectivity index is 2.43. The fourth-order valence-electron chi connectivity index (χ4n) is 1.60. The van der Waals surface area contributed by atoms with Crippen molar-refractivity contribution in [2.24, 2.45) is 4.99 Å². The molecule has 0 aliphatic rings. The minimum absolute atomic E-state index is 0.0361. The molecule has 0 unspecified atom stereocenters. The second-order valence-corrected chi connectivity index (χ2v) is 5.59. The molecular formula is C16H22N2O2S. The van der Waals surface area contributed by atoms with E-state index >= 15 is 0 Å². The van der Waals surface area contributed by atoms with Crippen molar-refractivity contribution in [3.05, 3.63) is 41.3 Å². The number of amides is 1. The number of methoxy groups -OCH3 is 1. The van der Waals surface area contributed by atoms with Gasteiger partial charge in [0.05, 0.1) is 7.11 Å². The monoisotopic (exact) mass is 306 g/mol. The van der Waals surface area contributed by atoms with E-state index in [1.54, 1.807) is 14.2 Å². The lowest BCUT2D eigenvalue weighted by Crippen LogP contribution is -2.27. The first-order chi connectivity index (χ1) is 10.1. The Morgan fingerprint density at radius 2 is 2.05 bits per heavy atom. The van der Waals surface area contributed by atoms with Crippen LogP contribution in [0.4, 0.5) is 0 Å². The number of aryl methyl sites for hydroxylation is 1. The Morgan fingerprint density at radius 3 is 2.57 bits per heavy atom. The van der Waals surface area contributed by atoms with Crippen LogP contribution in [0, 0.1) is 0 Å².